The third-order valence-electron chi connectivity index (χ3n) is 2.62. The average molecular weight is 324 g/mol. The van der Waals surface area contributed by atoms with E-state index < -0.39 is 28.0 Å². The Bertz CT molecular complexity index is 782. The number of benzene rings is 1. The Morgan fingerprint density at radius 2 is 1.82 bits per heavy atom. The molecule has 8 nitrogen and oxygen atoms in total. The number of hydrogen-bond acceptors (Lipinski definition) is 5. The summed E-state index contributed by atoms with van der Waals surface area (Å²) in [6.45, 7) is -0.111. The summed E-state index contributed by atoms with van der Waals surface area (Å²) in [5.74, 6) is -1.44. The maximum Gasteiger partial charge on any atom is 0.422 e. The molecule has 0 unspecified atom stereocenters. The molecule has 0 aliphatic carbocycles. The fourth-order valence-corrected chi connectivity index (χ4v) is 2.64. The normalized spacial score (nSPS) is 10.9. The molecule has 0 aliphatic heterocycles. The minimum atomic E-state index is -4.38. The van der Waals surface area contributed by atoms with Crippen LogP contribution >= 0.6 is 0 Å². The minimum absolute atomic E-state index is 0.111. The number of carboxylic acid groups (broad SMARTS) is 1. The van der Waals surface area contributed by atoms with E-state index >= 15 is 0 Å². The maximum atomic E-state index is 11.9. The number of carbonyl (C=O) groups excluding carboxylic acids is 1. The van der Waals surface area contributed by atoms with E-state index in [1.165, 1.54) is 6.07 Å². The molecule has 2 rings (SSSR count). The Morgan fingerprint density at radius 1 is 1.14 bits per heavy atom. The number of carboxylic acids is 1. The van der Waals surface area contributed by atoms with Crippen LogP contribution in [0, 0.1) is 0 Å². The van der Waals surface area contributed by atoms with Crippen LogP contribution in [-0.4, -0.2) is 29.6 Å². The van der Waals surface area contributed by atoms with Gasteiger partial charge in [-0.15, -0.1) is 0 Å². The number of aromatic carboxylic acids is 1. The second-order valence-corrected chi connectivity index (χ2v) is 5.71. The molecule has 1 amide bonds. The van der Waals surface area contributed by atoms with E-state index in [9.17, 15) is 18.0 Å². The van der Waals surface area contributed by atoms with Crippen molar-refractivity contribution in [3.63, 3.8) is 0 Å². The molecule has 0 radical (unpaired) electrons. The number of nitrogens with one attached hydrogen (secondary N) is 1. The maximum absolute atomic E-state index is 11.9. The number of amides is 1. The molecule has 0 atom stereocenters. The van der Waals surface area contributed by atoms with Gasteiger partial charge in [0.2, 0.25) is 0 Å². The first-order valence-electron chi connectivity index (χ1n) is 6.05. The molecule has 2 N–H and O–H groups in total. The van der Waals surface area contributed by atoms with Crippen molar-refractivity contribution >= 4 is 22.3 Å². The number of hydrogen-bond donors (Lipinski definition) is 2. The molecule has 1 aromatic heterocycles. The summed E-state index contributed by atoms with van der Waals surface area (Å²) in [6.07, 6.45) is -0.190. The van der Waals surface area contributed by atoms with Gasteiger partial charge in [-0.05, 0) is 17.7 Å². The Kier molecular flexibility index (Phi) is 4.47. The van der Waals surface area contributed by atoms with Crippen LogP contribution in [0.3, 0.4) is 0 Å². The van der Waals surface area contributed by atoms with Crippen LogP contribution in [0.4, 0.5) is 4.79 Å². The van der Waals surface area contributed by atoms with Gasteiger partial charge in [0.25, 0.3) is 0 Å². The van der Waals surface area contributed by atoms with Crippen molar-refractivity contribution in [1.29, 1.82) is 0 Å². The summed E-state index contributed by atoms with van der Waals surface area (Å²) in [4.78, 5) is 22.4. The van der Waals surface area contributed by atoms with Gasteiger partial charge < -0.3 is 9.84 Å². The first-order chi connectivity index (χ1) is 10.4. The molecule has 0 spiro atoms. The van der Waals surface area contributed by atoms with Gasteiger partial charge in [0.15, 0.2) is 0 Å². The molecule has 116 valence electrons. The first-order valence-corrected chi connectivity index (χ1v) is 7.49. The van der Waals surface area contributed by atoms with Gasteiger partial charge in [-0.25, -0.2) is 18.3 Å². The zero-order valence-electron chi connectivity index (χ0n) is 11.2. The van der Waals surface area contributed by atoms with E-state index in [1.807, 2.05) is 0 Å². The second kappa shape index (κ2) is 6.31. The smallest absolute Gasteiger partial charge is 0.422 e. The number of carbonyl (C=O) groups is 2. The van der Waals surface area contributed by atoms with Crippen LogP contribution in [0.2, 0.25) is 0 Å². The largest absolute Gasteiger partial charge is 0.477 e. The number of nitrogens with zero attached hydrogens (tertiary/aromatic N) is 1. The van der Waals surface area contributed by atoms with Crippen LogP contribution < -0.4 is 4.72 Å². The van der Waals surface area contributed by atoms with Crippen LogP contribution in [0.1, 0.15) is 16.1 Å². The molecule has 0 aliphatic rings. The highest BCUT2D eigenvalue weighted by Gasteiger charge is 2.22. The molecule has 22 heavy (non-hydrogen) atoms. The van der Waals surface area contributed by atoms with Crippen LogP contribution in [0.15, 0.2) is 48.7 Å². The molecular weight excluding hydrogens is 312 g/mol. The highest BCUT2D eigenvalue weighted by atomic mass is 32.2. The van der Waals surface area contributed by atoms with Gasteiger partial charge in [-0.1, -0.05) is 30.3 Å². The van der Waals surface area contributed by atoms with Crippen LogP contribution in [0.25, 0.3) is 0 Å². The third-order valence-corrected chi connectivity index (χ3v) is 3.88. The third kappa shape index (κ3) is 3.64. The van der Waals surface area contributed by atoms with Crippen LogP contribution in [-0.2, 0) is 21.6 Å². The number of rotatable bonds is 5. The van der Waals surface area contributed by atoms with Crippen molar-refractivity contribution < 1.29 is 27.9 Å². The van der Waals surface area contributed by atoms with Gasteiger partial charge >= 0.3 is 22.3 Å². The van der Waals surface area contributed by atoms with Crippen molar-refractivity contribution in [3.05, 3.63) is 59.9 Å². The summed E-state index contributed by atoms with van der Waals surface area (Å²) in [7, 11) is -4.38. The fourth-order valence-electron chi connectivity index (χ4n) is 1.65. The Balaban J connectivity index is 2.04. The lowest BCUT2D eigenvalue weighted by atomic mass is 10.2. The molecule has 1 aromatic carbocycles. The van der Waals surface area contributed by atoms with Crippen LogP contribution in [0.5, 0.6) is 0 Å². The van der Waals surface area contributed by atoms with Crippen molar-refractivity contribution in [2.75, 3.05) is 0 Å². The lowest BCUT2D eigenvalue weighted by Gasteiger charge is -2.10. The Labute approximate surface area is 126 Å². The summed E-state index contributed by atoms with van der Waals surface area (Å²) in [6, 6.07) is 11.0. The minimum Gasteiger partial charge on any atom is -0.477 e. The molecule has 0 saturated carbocycles. The average Bonchev–Trinajstić information content (AvgIpc) is 2.96. The predicted molar refractivity (Wildman–Crippen MR) is 75.5 cm³/mol. The summed E-state index contributed by atoms with van der Waals surface area (Å²) in [5, 5.41) is 8.87. The predicted octanol–water partition coefficient (Wildman–Crippen LogP) is 1.21. The summed E-state index contributed by atoms with van der Waals surface area (Å²) in [5.41, 5.74) is 0.186. The molecule has 0 saturated heterocycles. The topological polar surface area (TPSA) is 115 Å². The highest BCUT2D eigenvalue weighted by Crippen LogP contribution is 2.06. The molecular formula is C13H12N2O6S. The Hall–Kier alpha value is -2.81. The lowest BCUT2D eigenvalue weighted by Crippen LogP contribution is -2.36. The van der Waals surface area contributed by atoms with Gasteiger partial charge in [-0.3, -0.25) is 0 Å². The first kappa shape index (κ1) is 15.6. The van der Waals surface area contributed by atoms with E-state index in [0.29, 0.717) is 9.54 Å². The zero-order valence-corrected chi connectivity index (χ0v) is 12.0. The van der Waals surface area contributed by atoms with E-state index in [2.05, 4.69) is 0 Å². The van der Waals surface area contributed by atoms with Crippen molar-refractivity contribution in [2.45, 2.75) is 6.61 Å². The second-order valence-electron chi connectivity index (χ2n) is 4.16. The van der Waals surface area contributed by atoms with Crippen molar-refractivity contribution in [1.82, 2.24) is 8.69 Å². The molecule has 0 bridgehead atoms. The molecule has 0 fully saturated rings. The highest BCUT2D eigenvalue weighted by molar-refractivity contribution is 7.88. The van der Waals surface area contributed by atoms with Crippen molar-refractivity contribution in [2.24, 2.45) is 0 Å². The van der Waals surface area contributed by atoms with E-state index in [4.69, 9.17) is 9.84 Å². The quantitative estimate of drug-likeness (QED) is 0.854. The number of aromatic nitrogens is 1. The molecule has 2 aromatic rings. The fraction of sp³-hybridized carbons (Fsp3) is 0.0769. The summed E-state index contributed by atoms with van der Waals surface area (Å²) < 4.78 is 30.7. The molecule has 1 heterocycles. The Morgan fingerprint density at radius 3 is 2.45 bits per heavy atom. The van der Waals surface area contributed by atoms with Gasteiger partial charge in [-0.2, -0.15) is 8.42 Å². The van der Waals surface area contributed by atoms with Crippen molar-refractivity contribution in [3.8, 4) is 0 Å². The summed E-state index contributed by atoms with van der Waals surface area (Å²) >= 11 is 0. The lowest BCUT2D eigenvalue weighted by molar-refractivity contribution is 0.0689. The van der Waals surface area contributed by atoms with Gasteiger partial charge in [0, 0.05) is 6.20 Å². The standard InChI is InChI=1S/C13H12N2O6S/c16-12(17)11-7-4-8-15(11)22(19,20)14-13(18)21-9-10-5-2-1-3-6-10/h1-8H,9H2,(H,14,18)(H,16,17). The van der Waals surface area contributed by atoms with Gasteiger partial charge in [0.05, 0.1) is 0 Å². The van der Waals surface area contributed by atoms with E-state index in [0.717, 1.165) is 12.3 Å². The molecule has 9 heteroatoms. The van der Waals surface area contributed by atoms with E-state index in [1.54, 1.807) is 35.1 Å². The van der Waals surface area contributed by atoms with E-state index in [-0.39, 0.29) is 6.61 Å². The van der Waals surface area contributed by atoms with Gasteiger partial charge in [0.1, 0.15) is 12.3 Å². The zero-order chi connectivity index (χ0) is 16.2. The monoisotopic (exact) mass is 324 g/mol. The SMILES string of the molecule is O=C(NS(=O)(=O)n1cccc1C(=O)O)OCc1ccccc1. The number of ether oxygens (including phenoxy) is 1.